The van der Waals surface area contributed by atoms with Crippen molar-refractivity contribution in [3.05, 3.63) is 18.2 Å². The van der Waals surface area contributed by atoms with Crippen molar-refractivity contribution >= 4 is 17.0 Å². The molecule has 0 aliphatic carbocycles. The molecule has 0 aliphatic rings. The largest absolute Gasteiger partial charge is 0.491 e. The third kappa shape index (κ3) is 1.51. The number of fused-ring (bicyclic) bond motifs is 1. The third-order valence-corrected chi connectivity index (χ3v) is 1.96. The lowest BCUT2D eigenvalue weighted by Gasteiger charge is -2.03. The first-order valence-electron chi connectivity index (χ1n) is 4.68. The fraction of sp³-hybridized carbons (Fsp3) is 0.300. The molecule has 0 aliphatic heterocycles. The fourth-order valence-electron chi connectivity index (χ4n) is 1.35. The van der Waals surface area contributed by atoms with Crippen LogP contribution in [-0.2, 0) is 0 Å². The van der Waals surface area contributed by atoms with Crippen molar-refractivity contribution in [2.75, 3.05) is 12.3 Å². The molecular weight excluding hydrogens is 178 g/mol. The average Bonchev–Trinajstić information content (AvgIpc) is 2.55. The minimum atomic E-state index is 0.424. The van der Waals surface area contributed by atoms with Crippen molar-refractivity contribution in [3.63, 3.8) is 0 Å². The van der Waals surface area contributed by atoms with E-state index >= 15 is 0 Å². The SMILES string of the molecule is CCCOc1cccc2[nH]c(N)nc12. The van der Waals surface area contributed by atoms with Crippen LogP contribution < -0.4 is 10.5 Å². The minimum Gasteiger partial charge on any atom is -0.491 e. The van der Waals surface area contributed by atoms with Crippen LogP contribution in [0.2, 0.25) is 0 Å². The molecule has 4 nitrogen and oxygen atoms in total. The molecule has 1 aromatic carbocycles. The number of aromatic nitrogens is 2. The number of para-hydroxylation sites is 1. The maximum atomic E-state index is 5.57. The molecule has 0 saturated carbocycles. The first-order chi connectivity index (χ1) is 6.81. The number of rotatable bonds is 3. The first kappa shape index (κ1) is 8.87. The minimum absolute atomic E-state index is 0.424. The zero-order chi connectivity index (χ0) is 9.97. The molecule has 0 saturated heterocycles. The quantitative estimate of drug-likeness (QED) is 0.779. The summed E-state index contributed by atoms with van der Waals surface area (Å²) in [5.41, 5.74) is 7.28. The number of imidazole rings is 1. The number of H-pyrrole nitrogens is 1. The second-order valence-corrected chi connectivity index (χ2v) is 3.12. The van der Waals surface area contributed by atoms with Crippen LogP contribution in [0, 0.1) is 0 Å². The van der Waals surface area contributed by atoms with Gasteiger partial charge in [-0.05, 0) is 18.6 Å². The molecule has 4 heteroatoms. The fourth-order valence-corrected chi connectivity index (χ4v) is 1.35. The van der Waals surface area contributed by atoms with Gasteiger partial charge in [-0.15, -0.1) is 0 Å². The van der Waals surface area contributed by atoms with Crippen molar-refractivity contribution in [2.24, 2.45) is 0 Å². The van der Waals surface area contributed by atoms with Gasteiger partial charge >= 0.3 is 0 Å². The Kier molecular flexibility index (Phi) is 2.26. The van der Waals surface area contributed by atoms with Crippen LogP contribution in [0.15, 0.2) is 18.2 Å². The predicted octanol–water partition coefficient (Wildman–Crippen LogP) is 1.93. The summed E-state index contributed by atoms with van der Waals surface area (Å²) in [5.74, 6) is 1.21. The normalized spacial score (nSPS) is 10.6. The molecule has 3 N–H and O–H groups in total. The highest BCUT2D eigenvalue weighted by atomic mass is 16.5. The molecule has 14 heavy (non-hydrogen) atoms. The lowest BCUT2D eigenvalue weighted by atomic mass is 10.3. The number of hydrogen-bond acceptors (Lipinski definition) is 3. The number of aromatic amines is 1. The summed E-state index contributed by atoms with van der Waals surface area (Å²) in [4.78, 5) is 7.13. The molecule has 0 radical (unpaired) electrons. The Morgan fingerprint density at radius 3 is 3.14 bits per heavy atom. The van der Waals surface area contributed by atoms with Crippen LogP contribution in [0.1, 0.15) is 13.3 Å². The molecular formula is C10H13N3O. The van der Waals surface area contributed by atoms with Crippen LogP contribution in [0.3, 0.4) is 0 Å². The van der Waals surface area contributed by atoms with E-state index in [9.17, 15) is 0 Å². The number of anilines is 1. The third-order valence-electron chi connectivity index (χ3n) is 1.96. The Morgan fingerprint density at radius 1 is 1.50 bits per heavy atom. The zero-order valence-corrected chi connectivity index (χ0v) is 8.08. The van der Waals surface area contributed by atoms with Gasteiger partial charge in [0.1, 0.15) is 11.3 Å². The maximum absolute atomic E-state index is 5.57. The standard InChI is InChI=1S/C10H13N3O/c1-2-6-14-8-5-3-4-7-9(8)13-10(11)12-7/h3-5H,2,6H2,1H3,(H3,11,12,13). The van der Waals surface area contributed by atoms with Crippen LogP contribution in [0.4, 0.5) is 5.95 Å². The molecule has 0 unspecified atom stereocenters. The van der Waals surface area contributed by atoms with Crippen molar-refractivity contribution < 1.29 is 4.74 Å². The van der Waals surface area contributed by atoms with Crippen molar-refractivity contribution in [3.8, 4) is 5.75 Å². The Balaban J connectivity index is 2.42. The van der Waals surface area contributed by atoms with Gasteiger partial charge in [0, 0.05) is 0 Å². The van der Waals surface area contributed by atoms with E-state index in [2.05, 4.69) is 16.9 Å². The summed E-state index contributed by atoms with van der Waals surface area (Å²) in [6, 6.07) is 5.75. The molecule has 1 aromatic heterocycles. The summed E-state index contributed by atoms with van der Waals surface area (Å²) in [6.07, 6.45) is 0.982. The number of hydrogen-bond donors (Lipinski definition) is 2. The molecule has 74 valence electrons. The van der Waals surface area contributed by atoms with E-state index in [0.717, 1.165) is 23.2 Å². The van der Waals surface area contributed by atoms with E-state index in [4.69, 9.17) is 10.5 Å². The summed E-state index contributed by atoms with van der Waals surface area (Å²) < 4.78 is 5.54. The number of benzene rings is 1. The van der Waals surface area contributed by atoms with E-state index in [-0.39, 0.29) is 0 Å². The van der Waals surface area contributed by atoms with E-state index in [1.165, 1.54) is 0 Å². The van der Waals surface area contributed by atoms with Gasteiger partial charge in [0.05, 0.1) is 12.1 Å². The number of nitrogens with one attached hydrogen (secondary N) is 1. The summed E-state index contributed by atoms with van der Waals surface area (Å²) in [6.45, 7) is 2.77. The van der Waals surface area contributed by atoms with Gasteiger partial charge < -0.3 is 15.5 Å². The number of nitrogens with two attached hydrogens (primary N) is 1. The molecule has 1 heterocycles. The molecule has 2 aromatic rings. The van der Waals surface area contributed by atoms with Crippen molar-refractivity contribution in [1.29, 1.82) is 0 Å². The van der Waals surface area contributed by atoms with Gasteiger partial charge in [0.25, 0.3) is 0 Å². The molecule has 0 amide bonds. The van der Waals surface area contributed by atoms with Crippen LogP contribution >= 0.6 is 0 Å². The lowest BCUT2D eigenvalue weighted by molar-refractivity contribution is 0.320. The first-order valence-corrected chi connectivity index (χ1v) is 4.68. The van der Waals surface area contributed by atoms with Crippen LogP contribution in [0.5, 0.6) is 5.75 Å². The lowest BCUT2D eigenvalue weighted by Crippen LogP contribution is -1.95. The van der Waals surface area contributed by atoms with Crippen molar-refractivity contribution in [2.45, 2.75) is 13.3 Å². The maximum Gasteiger partial charge on any atom is 0.198 e. The predicted molar refractivity (Wildman–Crippen MR) is 56.3 cm³/mol. The Hall–Kier alpha value is -1.71. The Labute approximate surface area is 82.1 Å². The number of nitrogen functional groups attached to an aromatic ring is 1. The summed E-state index contributed by atoms with van der Waals surface area (Å²) in [7, 11) is 0. The van der Waals surface area contributed by atoms with Crippen LogP contribution in [0.25, 0.3) is 11.0 Å². The molecule has 2 rings (SSSR count). The van der Waals surface area contributed by atoms with Gasteiger partial charge in [0.15, 0.2) is 5.95 Å². The Morgan fingerprint density at radius 2 is 2.36 bits per heavy atom. The summed E-state index contributed by atoms with van der Waals surface area (Å²) in [5, 5.41) is 0. The highest BCUT2D eigenvalue weighted by Gasteiger charge is 2.05. The number of ether oxygens (including phenoxy) is 1. The van der Waals surface area contributed by atoms with Gasteiger partial charge in [-0.25, -0.2) is 4.98 Å². The molecule has 0 fully saturated rings. The second kappa shape index (κ2) is 3.57. The number of nitrogens with zero attached hydrogens (tertiary/aromatic N) is 1. The molecule has 0 bridgehead atoms. The summed E-state index contributed by atoms with van der Waals surface area (Å²) >= 11 is 0. The zero-order valence-electron chi connectivity index (χ0n) is 8.08. The van der Waals surface area contributed by atoms with Crippen LogP contribution in [-0.4, -0.2) is 16.6 Å². The molecule has 0 atom stereocenters. The highest BCUT2D eigenvalue weighted by Crippen LogP contribution is 2.23. The molecule has 0 spiro atoms. The van der Waals surface area contributed by atoms with E-state index < -0.39 is 0 Å². The Bertz CT molecular complexity index is 436. The van der Waals surface area contributed by atoms with Crippen molar-refractivity contribution in [1.82, 2.24) is 9.97 Å². The smallest absolute Gasteiger partial charge is 0.198 e. The van der Waals surface area contributed by atoms with E-state index in [1.54, 1.807) is 0 Å². The monoisotopic (exact) mass is 191 g/mol. The van der Waals surface area contributed by atoms with E-state index in [0.29, 0.717) is 12.6 Å². The van der Waals surface area contributed by atoms with Gasteiger partial charge in [-0.1, -0.05) is 13.0 Å². The van der Waals surface area contributed by atoms with Gasteiger partial charge in [0.2, 0.25) is 0 Å². The van der Waals surface area contributed by atoms with E-state index in [1.807, 2.05) is 18.2 Å². The second-order valence-electron chi connectivity index (χ2n) is 3.12. The van der Waals surface area contributed by atoms with Gasteiger partial charge in [-0.3, -0.25) is 0 Å². The highest BCUT2D eigenvalue weighted by molar-refractivity contribution is 5.83. The topological polar surface area (TPSA) is 63.9 Å². The van der Waals surface area contributed by atoms with Gasteiger partial charge in [-0.2, -0.15) is 0 Å². The average molecular weight is 191 g/mol.